The summed E-state index contributed by atoms with van der Waals surface area (Å²) in [7, 11) is 0. The van der Waals surface area contributed by atoms with Crippen molar-refractivity contribution in [2.24, 2.45) is 0 Å². The highest BCUT2D eigenvalue weighted by Crippen LogP contribution is 2.40. The van der Waals surface area contributed by atoms with Gasteiger partial charge in [-0.1, -0.05) is 18.2 Å². The van der Waals surface area contributed by atoms with E-state index in [4.69, 9.17) is 5.11 Å². The second kappa shape index (κ2) is 4.91. The fourth-order valence-corrected chi connectivity index (χ4v) is 1.59. The molecule has 1 aromatic carbocycles. The predicted octanol–water partition coefficient (Wildman–Crippen LogP) is 3.83. The molecule has 0 fully saturated rings. The maximum Gasteiger partial charge on any atom is 0.417 e. The van der Waals surface area contributed by atoms with Crippen LogP contribution in [-0.2, 0) is 11.0 Å². The van der Waals surface area contributed by atoms with E-state index < -0.39 is 41.2 Å². The second-order valence-electron chi connectivity index (χ2n) is 3.67. The Morgan fingerprint density at radius 3 is 2.11 bits per heavy atom. The number of alkyl halides is 5. The summed E-state index contributed by atoms with van der Waals surface area (Å²) in [6.07, 6.45) is -8.34. The van der Waals surface area contributed by atoms with Gasteiger partial charge >= 0.3 is 12.1 Å². The van der Waals surface area contributed by atoms with Crippen LogP contribution in [0.15, 0.2) is 18.2 Å². The number of carboxylic acids is 1. The van der Waals surface area contributed by atoms with Gasteiger partial charge in [0, 0.05) is 5.56 Å². The SMILES string of the molecule is CC(C(=O)O)c1cccc(C(F)F)c1C(F)(F)F. The molecule has 100 valence electrons. The Bertz CT molecular complexity index is 453. The molecular formula is C11H9F5O2. The number of halogens is 5. The maximum atomic E-state index is 12.8. The first kappa shape index (κ1) is 14.4. The van der Waals surface area contributed by atoms with Crippen molar-refractivity contribution in [3.05, 3.63) is 34.9 Å². The molecule has 0 bridgehead atoms. The van der Waals surface area contributed by atoms with E-state index in [0.29, 0.717) is 6.07 Å². The van der Waals surface area contributed by atoms with Gasteiger partial charge in [0.1, 0.15) is 0 Å². The molecule has 2 nitrogen and oxygen atoms in total. The minimum atomic E-state index is -5.02. The van der Waals surface area contributed by atoms with Crippen molar-refractivity contribution in [3.8, 4) is 0 Å². The quantitative estimate of drug-likeness (QED) is 0.846. The number of hydrogen-bond donors (Lipinski definition) is 1. The number of hydrogen-bond acceptors (Lipinski definition) is 1. The van der Waals surface area contributed by atoms with Crippen molar-refractivity contribution in [3.63, 3.8) is 0 Å². The summed E-state index contributed by atoms with van der Waals surface area (Å²) in [4.78, 5) is 10.7. The van der Waals surface area contributed by atoms with Crippen molar-refractivity contribution in [2.45, 2.75) is 25.4 Å². The fraction of sp³-hybridized carbons (Fsp3) is 0.364. The molecule has 0 aliphatic carbocycles. The van der Waals surface area contributed by atoms with Gasteiger partial charge < -0.3 is 5.11 Å². The van der Waals surface area contributed by atoms with Gasteiger partial charge in [-0.25, -0.2) is 8.78 Å². The largest absolute Gasteiger partial charge is 0.481 e. The van der Waals surface area contributed by atoms with Gasteiger partial charge in [-0.05, 0) is 12.5 Å². The van der Waals surface area contributed by atoms with Crippen molar-refractivity contribution in [1.29, 1.82) is 0 Å². The molecule has 1 atom stereocenters. The molecule has 0 aromatic heterocycles. The second-order valence-corrected chi connectivity index (χ2v) is 3.67. The predicted molar refractivity (Wildman–Crippen MR) is 52.5 cm³/mol. The lowest BCUT2D eigenvalue weighted by molar-refractivity contribution is -0.142. The molecule has 1 unspecified atom stereocenters. The normalized spacial score (nSPS) is 13.7. The topological polar surface area (TPSA) is 37.3 Å². The molecule has 0 amide bonds. The van der Waals surface area contributed by atoms with Gasteiger partial charge in [-0.2, -0.15) is 13.2 Å². The summed E-state index contributed by atoms with van der Waals surface area (Å²) < 4.78 is 63.4. The fourth-order valence-electron chi connectivity index (χ4n) is 1.59. The Kier molecular flexibility index (Phi) is 3.93. The Balaban J connectivity index is 3.52. The van der Waals surface area contributed by atoms with Crippen molar-refractivity contribution < 1.29 is 31.9 Å². The summed E-state index contributed by atoms with van der Waals surface area (Å²) >= 11 is 0. The zero-order chi connectivity index (χ0) is 14.1. The molecule has 1 N–H and O–H groups in total. The van der Waals surface area contributed by atoms with Crippen LogP contribution in [0.5, 0.6) is 0 Å². The van der Waals surface area contributed by atoms with Gasteiger partial charge in [0.15, 0.2) is 0 Å². The number of carboxylic acid groups (broad SMARTS) is 1. The average molecular weight is 268 g/mol. The molecule has 0 saturated carbocycles. The minimum absolute atomic E-state index is 0.644. The molecule has 1 aromatic rings. The molecule has 0 heterocycles. The summed E-state index contributed by atoms with van der Waals surface area (Å²) in [6.45, 7) is 1.02. The van der Waals surface area contributed by atoms with E-state index in [0.717, 1.165) is 19.1 Å². The van der Waals surface area contributed by atoms with E-state index in [1.54, 1.807) is 0 Å². The highest BCUT2D eigenvalue weighted by Gasteiger charge is 2.40. The molecule has 1 rings (SSSR count). The molecule has 18 heavy (non-hydrogen) atoms. The van der Waals surface area contributed by atoms with Crippen LogP contribution in [0.25, 0.3) is 0 Å². The standard InChI is InChI=1S/C11H9F5O2/c1-5(10(17)18)6-3-2-4-7(9(12)13)8(6)11(14,15)16/h2-5,9H,1H3,(H,17,18). The molecule has 0 aliphatic rings. The molecule has 0 spiro atoms. The smallest absolute Gasteiger partial charge is 0.417 e. The van der Waals surface area contributed by atoms with Crippen molar-refractivity contribution >= 4 is 5.97 Å². The van der Waals surface area contributed by atoms with Crippen LogP contribution >= 0.6 is 0 Å². The minimum Gasteiger partial charge on any atom is -0.481 e. The monoisotopic (exact) mass is 268 g/mol. The van der Waals surface area contributed by atoms with Crippen LogP contribution in [0.2, 0.25) is 0 Å². The first-order chi connectivity index (χ1) is 8.16. The van der Waals surface area contributed by atoms with Crippen LogP contribution in [0.4, 0.5) is 22.0 Å². The Labute approximate surface area is 99.0 Å². The summed E-state index contributed by atoms with van der Waals surface area (Å²) in [6, 6.07) is 2.53. The van der Waals surface area contributed by atoms with Crippen LogP contribution < -0.4 is 0 Å². The van der Waals surface area contributed by atoms with Gasteiger partial charge in [0.25, 0.3) is 6.43 Å². The van der Waals surface area contributed by atoms with Gasteiger partial charge in [0.2, 0.25) is 0 Å². The third-order valence-electron chi connectivity index (χ3n) is 2.48. The van der Waals surface area contributed by atoms with Crippen LogP contribution in [0.3, 0.4) is 0 Å². The van der Waals surface area contributed by atoms with Crippen LogP contribution in [-0.4, -0.2) is 11.1 Å². The number of rotatable bonds is 3. The number of aliphatic carboxylic acids is 1. The molecule has 0 saturated heterocycles. The zero-order valence-electron chi connectivity index (χ0n) is 9.13. The first-order valence-corrected chi connectivity index (χ1v) is 4.87. The van der Waals surface area contributed by atoms with E-state index in [1.807, 2.05) is 0 Å². The van der Waals surface area contributed by atoms with Gasteiger partial charge in [-0.15, -0.1) is 0 Å². The third kappa shape index (κ3) is 2.77. The lowest BCUT2D eigenvalue weighted by Crippen LogP contribution is -2.18. The number of benzene rings is 1. The first-order valence-electron chi connectivity index (χ1n) is 4.87. The highest BCUT2D eigenvalue weighted by atomic mass is 19.4. The average Bonchev–Trinajstić information content (AvgIpc) is 2.25. The highest BCUT2D eigenvalue weighted by molar-refractivity contribution is 5.76. The molecular weight excluding hydrogens is 259 g/mol. The summed E-state index contributed by atoms with van der Waals surface area (Å²) in [5, 5.41) is 8.70. The van der Waals surface area contributed by atoms with E-state index >= 15 is 0 Å². The molecule has 0 radical (unpaired) electrons. The van der Waals surface area contributed by atoms with E-state index in [1.165, 1.54) is 0 Å². The zero-order valence-corrected chi connectivity index (χ0v) is 9.13. The maximum absolute atomic E-state index is 12.8. The number of carbonyl (C=O) groups is 1. The van der Waals surface area contributed by atoms with E-state index in [9.17, 15) is 26.7 Å². The Morgan fingerprint density at radius 2 is 1.72 bits per heavy atom. The Hall–Kier alpha value is -1.66. The van der Waals surface area contributed by atoms with Crippen LogP contribution in [0.1, 0.15) is 36.0 Å². The van der Waals surface area contributed by atoms with Crippen molar-refractivity contribution in [2.75, 3.05) is 0 Å². The third-order valence-corrected chi connectivity index (χ3v) is 2.48. The van der Waals surface area contributed by atoms with Crippen LogP contribution in [0, 0.1) is 0 Å². The van der Waals surface area contributed by atoms with Gasteiger partial charge in [0.05, 0.1) is 11.5 Å². The van der Waals surface area contributed by atoms with E-state index in [-0.39, 0.29) is 0 Å². The molecule has 0 aliphatic heterocycles. The summed E-state index contributed by atoms with van der Waals surface area (Å²) in [5.74, 6) is -3.02. The summed E-state index contributed by atoms with van der Waals surface area (Å²) in [5.41, 5.74) is -3.42. The molecule has 7 heteroatoms. The lowest BCUT2D eigenvalue weighted by Gasteiger charge is -2.19. The van der Waals surface area contributed by atoms with E-state index in [2.05, 4.69) is 0 Å². The Morgan fingerprint density at radius 1 is 1.22 bits per heavy atom. The van der Waals surface area contributed by atoms with Gasteiger partial charge in [-0.3, -0.25) is 4.79 Å². The lowest BCUT2D eigenvalue weighted by atomic mass is 9.92. The van der Waals surface area contributed by atoms with Crippen molar-refractivity contribution in [1.82, 2.24) is 0 Å².